The molecule has 0 bridgehead atoms. The van der Waals surface area contributed by atoms with Crippen molar-refractivity contribution in [1.82, 2.24) is 0 Å². The Morgan fingerprint density at radius 1 is 0.595 bits per heavy atom. The Kier molecular flexibility index (Phi) is 22.2. The van der Waals surface area contributed by atoms with Crippen LogP contribution in [0.15, 0.2) is 24.3 Å². The quantitative estimate of drug-likeness (QED) is 0.0479. The van der Waals surface area contributed by atoms with Gasteiger partial charge < -0.3 is 4.74 Å². The van der Waals surface area contributed by atoms with Crippen molar-refractivity contribution in [2.75, 3.05) is 0 Å². The molecule has 0 aromatic carbocycles. The maximum absolute atomic E-state index is 12.0. The van der Waals surface area contributed by atoms with Crippen molar-refractivity contribution in [2.24, 2.45) is 5.41 Å². The summed E-state index contributed by atoms with van der Waals surface area (Å²) in [6.45, 7) is 4.56. The normalized spacial score (nSPS) is 18.0. The summed E-state index contributed by atoms with van der Waals surface area (Å²) in [5.41, 5.74) is -0.498. The molecule has 1 heterocycles. The van der Waals surface area contributed by atoms with Gasteiger partial charge >= 0.3 is 5.97 Å². The molecule has 0 radical (unpaired) electrons. The molecule has 0 unspecified atom stereocenters. The van der Waals surface area contributed by atoms with E-state index in [0.29, 0.717) is 11.5 Å². The zero-order chi connectivity index (χ0) is 26.9. The summed E-state index contributed by atoms with van der Waals surface area (Å²) < 4.78 is 5.30. The van der Waals surface area contributed by atoms with Crippen LogP contribution >= 0.6 is 12.2 Å². The lowest BCUT2D eigenvalue weighted by molar-refractivity contribution is -0.133. The predicted octanol–water partition coefficient (Wildman–Crippen LogP) is 11.8. The summed E-state index contributed by atoms with van der Waals surface area (Å²) in [4.78, 5) is 12.0. The summed E-state index contributed by atoms with van der Waals surface area (Å²) in [6, 6.07) is 0. The van der Waals surface area contributed by atoms with Crippen molar-refractivity contribution in [3.63, 3.8) is 0 Å². The third kappa shape index (κ3) is 18.0. The Hall–Kier alpha value is -0.960. The van der Waals surface area contributed by atoms with E-state index in [4.69, 9.17) is 17.0 Å². The van der Waals surface area contributed by atoms with Crippen LogP contribution in [0.4, 0.5) is 0 Å². The van der Waals surface area contributed by atoms with E-state index < -0.39 is 5.41 Å². The van der Waals surface area contributed by atoms with E-state index in [1.165, 1.54) is 141 Å². The van der Waals surface area contributed by atoms with E-state index in [9.17, 15) is 4.79 Å². The van der Waals surface area contributed by atoms with Crippen molar-refractivity contribution in [2.45, 2.75) is 174 Å². The predicted molar refractivity (Wildman–Crippen MR) is 166 cm³/mol. The number of allylic oxidation sites excluding steroid dienone is 2. The second-order valence-corrected chi connectivity index (χ2v) is 11.8. The van der Waals surface area contributed by atoms with Crippen molar-refractivity contribution in [1.29, 1.82) is 0 Å². The Morgan fingerprint density at radius 3 is 1.22 bits per heavy atom. The van der Waals surface area contributed by atoms with Crippen LogP contribution in [-0.4, -0.2) is 11.0 Å². The van der Waals surface area contributed by atoms with Gasteiger partial charge in [-0.2, -0.15) is 0 Å². The second kappa shape index (κ2) is 24.1. The standard InChI is InChI=1S/C34H60O2S/c1-3-5-7-9-11-13-15-17-19-21-23-25-27-29-34(31-32(35)36-33(34)37)30-28-26-24-22-20-18-16-14-12-10-8-6-4-2/h27-30H,3-26,31H2,1-2H3. The van der Waals surface area contributed by atoms with Crippen LogP contribution in [0.5, 0.6) is 0 Å². The number of carbonyl (C=O) groups is 1. The van der Waals surface area contributed by atoms with Crippen LogP contribution in [0.3, 0.4) is 0 Å². The molecule has 1 aliphatic heterocycles. The molecule has 3 heteroatoms. The van der Waals surface area contributed by atoms with E-state index in [1.54, 1.807) is 0 Å². The van der Waals surface area contributed by atoms with Crippen LogP contribution in [0.1, 0.15) is 174 Å². The zero-order valence-corrected chi connectivity index (χ0v) is 25.5. The number of hydrogen-bond donors (Lipinski definition) is 0. The lowest BCUT2D eigenvalue weighted by Gasteiger charge is -2.17. The monoisotopic (exact) mass is 532 g/mol. The number of unbranched alkanes of at least 4 members (excludes halogenated alkanes) is 22. The molecule has 0 N–H and O–H groups in total. The van der Waals surface area contributed by atoms with Crippen molar-refractivity contribution < 1.29 is 9.53 Å². The fourth-order valence-electron chi connectivity index (χ4n) is 5.30. The largest absolute Gasteiger partial charge is 0.418 e. The molecule has 0 saturated carbocycles. The summed E-state index contributed by atoms with van der Waals surface area (Å²) in [7, 11) is 0. The first kappa shape index (κ1) is 34.1. The minimum absolute atomic E-state index is 0.191. The van der Waals surface area contributed by atoms with Gasteiger partial charge in [0.15, 0.2) is 5.05 Å². The van der Waals surface area contributed by atoms with Gasteiger partial charge in [-0.25, -0.2) is 0 Å². The highest BCUT2D eigenvalue weighted by Gasteiger charge is 2.41. The molecule has 1 fully saturated rings. The highest BCUT2D eigenvalue weighted by molar-refractivity contribution is 7.80. The van der Waals surface area contributed by atoms with Crippen LogP contribution in [-0.2, 0) is 9.53 Å². The molecule has 0 aliphatic carbocycles. The average Bonchev–Trinajstić information content (AvgIpc) is 3.17. The molecule has 0 spiro atoms. The molecule has 0 atom stereocenters. The van der Waals surface area contributed by atoms with Crippen LogP contribution < -0.4 is 0 Å². The average molecular weight is 533 g/mol. The minimum atomic E-state index is -0.498. The van der Waals surface area contributed by atoms with E-state index in [2.05, 4.69) is 38.2 Å². The van der Waals surface area contributed by atoms with E-state index in [1.807, 2.05) is 0 Å². The van der Waals surface area contributed by atoms with Crippen LogP contribution in [0.25, 0.3) is 0 Å². The molecule has 1 saturated heterocycles. The van der Waals surface area contributed by atoms with Gasteiger partial charge in [0.2, 0.25) is 0 Å². The van der Waals surface area contributed by atoms with Gasteiger partial charge in [-0.05, 0) is 37.9 Å². The van der Waals surface area contributed by atoms with E-state index >= 15 is 0 Å². The summed E-state index contributed by atoms with van der Waals surface area (Å²) >= 11 is 5.47. The van der Waals surface area contributed by atoms with Gasteiger partial charge in [0.25, 0.3) is 0 Å². The fourth-order valence-corrected chi connectivity index (χ4v) is 5.60. The van der Waals surface area contributed by atoms with E-state index in [0.717, 1.165) is 12.8 Å². The van der Waals surface area contributed by atoms with Crippen molar-refractivity contribution in [3.05, 3.63) is 24.3 Å². The van der Waals surface area contributed by atoms with Crippen molar-refractivity contribution in [3.8, 4) is 0 Å². The molecule has 2 nitrogen and oxygen atoms in total. The highest BCUT2D eigenvalue weighted by atomic mass is 32.1. The first-order valence-corrected chi connectivity index (χ1v) is 16.7. The van der Waals surface area contributed by atoms with Crippen molar-refractivity contribution >= 4 is 23.2 Å². The number of ether oxygens (including phenoxy) is 1. The van der Waals surface area contributed by atoms with Gasteiger partial charge in [-0.1, -0.05) is 167 Å². The number of esters is 1. The maximum Gasteiger partial charge on any atom is 0.313 e. The van der Waals surface area contributed by atoms with Gasteiger partial charge in [0, 0.05) is 0 Å². The lowest BCUT2D eigenvalue weighted by Crippen LogP contribution is -2.19. The lowest BCUT2D eigenvalue weighted by atomic mass is 9.85. The van der Waals surface area contributed by atoms with E-state index in [-0.39, 0.29) is 5.97 Å². The molecular formula is C34H60O2S. The highest BCUT2D eigenvalue weighted by Crippen LogP contribution is 2.36. The molecule has 214 valence electrons. The number of rotatable bonds is 26. The maximum atomic E-state index is 12.0. The second-order valence-electron chi connectivity index (χ2n) is 11.4. The number of hydrogen-bond acceptors (Lipinski definition) is 3. The van der Waals surface area contributed by atoms with Crippen LogP contribution in [0, 0.1) is 5.41 Å². The number of cyclic esters (lactones) is 1. The number of carbonyl (C=O) groups excluding carboxylic acids is 1. The molecule has 0 aromatic rings. The van der Waals surface area contributed by atoms with Gasteiger partial charge in [-0.15, -0.1) is 0 Å². The smallest absolute Gasteiger partial charge is 0.313 e. The number of thiocarbonyl (C=S) groups is 1. The van der Waals surface area contributed by atoms with Gasteiger partial charge in [0.1, 0.15) is 0 Å². The molecule has 0 amide bonds. The molecule has 1 rings (SSSR count). The summed E-state index contributed by atoms with van der Waals surface area (Å²) in [5.74, 6) is -0.191. The van der Waals surface area contributed by atoms with Gasteiger partial charge in [-0.3, -0.25) is 4.79 Å². The Bertz CT molecular complexity index is 585. The Balaban J connectivity index is 2.15. The Morgan fingerprint density at radius 2 is 0.919 bits per heavy atom. The first-order valence-electron chi connectivity index (χ1n) is 16.2. The van der Waals surface area contributed by atoms with Crippen LogP contribution in [0.2, 0.25) is 0 Å². The molecular weight excluding hydrogens is 472 g/mol. The first-order chi connectivity index (χ1) is 18.1. The SMILES string of the molecule is CCCCCCCCCCCCCC=CC1(C=CCCCCCCCCCCCCC)CC(=O)OC1=S. The molecule has 0 aromatic heterocycles. The Labute approximate surface area is 236 Å². The fraction of sp³-hybridized carbons (Fsp3) is 0.824. The summed E-state index contributed by atoms with van der Waals surface area (Å²) in [6.07, 6.45) is 41.2. The third-order valence-electron chi connectivity index (χ3n) is 7.80. The molecule has 37 heavy (non-hydrogen) atoms. The molecule has 1 aliphatic rings. The zero-order valence-electron chi connectivity index (χ0n) is 24.7. The third-order valence-corrected chi connectivity index (χ3v) is 8.27. The minimum Gasteiger partial charge on any atom is -0.418 e. The summed E-state index contributed by atoms with van der Waals surface area (Å²) in [5, 5.41) is 0.433. The topological polar surface area (TPSA) is 26.3 Å². The van der Waals surface area contributed by atoms with Gasteiger partial charge in [0.05, 0.1) is 11.8 Å².